The van der Waals surface area contributed by atoms with Gasteiger partial charge in [0.15, 0.2) is 0 Å². The van der Waals surface area contributed by atoms with Crippen LogP contribution in [0.4, 0.5) is 0 Å². The van der Waals surface area contributed by atoms with Crippen LogP contribution in [0.1, 0.15) is 5.76 Å². The van der Waals surface area contributed by atoms with Crippen molar-refractivity contribution >= 4 is 11.8 Å². The summed E-state index contributed by atoms with van der Waals surface area (Å²) in [6.45, 7) is 0. The van der Waals surface area contributed by atoms with Gasteiger partial charge in [-0.3, -0.25) is 0 Å². The molecule has 0 unspecified atom stereocenters. The van der Waals surface area contributed by atoms with E-state index < -0.39 is 0 Å². The van der Waals surface area contributed by atoms with Crippen molar-refractivity contribution < 1.29 is 4.52 Å². The first kappa shape index (κ1) is 6.17. The third-order valence-electron chi connectivity index (χ3n) is 0.770. The van der Waals surface area contributed by atoms with Crippen LogP contribution in [0.25, 0.3) is 0 Å². The highest BCUT2D eigenvalue weighted by molar-refractivity contribution is 8.02. The first-order chi connectivity index (χ1) is 4.43. The number of rotatable bonds is 2. The lowest BCUT2D eigenvalue weighted by molar-refractivity contribution is 0.395. The Morgan fingerprint density at radius 1 is 1.89 bits per heavy atom. The summed E-state index contributed by atoms with van der Waals surface area (Å²) in [7, 11) is 0. The summed E-state index contributed by atoms with van der Waals surface area (Å²) in [5, 5.41) is 13.5. The summed E-state index contributed by atoms with van der Waals surface area (Å²) in [6.07, 6.45) is 1.56. The third kappa shape index (κ3) is 1.78. The molecule has 1 rings (SSSR count). The highest BCUT2D eigenvalue weighted by Gasteiger charge is 1.93. The minimum atomic E-state index is 0.580. The number of thiocyanates is 1. The van der Waals surface area contributed by atoms with Gasteiger partial charge in [0.25, 0.3) is 0 Å². The van der Waals surface area contributed by atoms with E-state index in [0.29, 0.717) is 5.75 Å². The molecule has 0 atom stereocenters. The van der Waals surface area contributed by atoms with Crippen molar-refractivity contribution in [2.75, 3.05) is 0 Å². The van der Waals surface area contributed by atoms with Crippen LogP contribution in [0.15, 0.2) is 16.8 Å². The maximum atomic E-state index is 8.12. The summed E-state index contributed by atoms with van der Waals surface area (Å²) >= 11 is 1.14. The predicted molar refractivity (Wildman–Crippen MR) is 33.4 cm³/mol. The van der Waals surface area contributed by atoms with Crippen LogP contribution in [0, 0.1) is 10.7 Å². The molecule has 0 aliphatic carbocycles. The van der Waals surface area contributed by atoms with Gasteiger partial charge in [0, 0.05) is 6.07 Å². The Morgan fingerprint density at radius 2 is 2.78 bits per heavy atom. The van der Waals surface area contributed by atoms with Gasteiger partial charge in [-0.05, 0) is 11.8 Å². The molecule has 4 heteroatoms. The second kappa shape index (κ2) is 3.15. The van der Waals surface area contributed by atoms with Crippen molar-refractivity contribution in [1.82, 2.24) is 5.16 Å². The number of hydrogen-bond acceptors (Lipinski definition) is 4. The molecule has 46 valence electrons. The average Bonchev–Trinajstić information content (AvgIpc) is 2.34. The fraction of sp³-hybridized carbons (Fsp3) is 0.200. The van der Waals surface area contributed by atoms with Gasteiger partial charge in [0.2, 0.25) is 0 Å². The maximum Gasteiger partial charge on any atom is 0.147 e. The van der Waals surface area contributed by atoms with Crippen LogP contribution >= 0.6 is 11.8 Å². The average molecular weight is 140 g/mol. The number of aromatic nitrogens is 1. The molecular formula is C5H4N2OS. The molecule has 0 spiro atoms. The van der Waals surface area contributed by atoms with Crippen molar-refractivity contribution in [3.63, 3.8) is 0 Å². The van der Waals surface area contributed by atoms with Gasteiger partial charge >= 0.3 is 0 Å². The zero-order valence-electron chi connectivity index (χ0n) is 4.57. The lowest BCUT2D eigenvalue weighted by Gasteiger charge is -1.81. The van der Waals surface area contributed by atoms with Gasteiger partial charge in [-0.15, -0.1) is 0 Å². The Kier molecular flexibility index (Phi) is 2.16. The molecular weight excluding hydrogens is 136 g/mol. The SMILES string of the molecule is N#CSCc1ccno1. The smallest absolute Gasteiger partial charge is 0.147 e. The van der Waals surface area contributed by atoms with Crippen LogP contribution < -0.4 is 0 Å². The second-order valence-electron chi connectivity index (χ2n) is 1.36. The molecule has 0 saturated carbocycles. The molecule has 1 heterocycles. The van der Waals surface area contributed by atoms with E-state index in [1.54, 1.807) is 12.3 Å². The van der Waals surface area contributed by atoms with E-state index in [-0.39, 0.29) is 0 Å². The molecule has 1 aromatic rings. The molecule has 3 nitrogen and oxygen atoms in total. The van der Waals surface area contributed by atoms with Gasteiger partial charge in [-0.1, -0.05) is 5.16 Å². The molecule has 0 aliphatic rings. The minimum absolute atomic E-state index is 0.580. The van der Waals surface area contributed by atoms with Crippen molar-refractivity contribution in [3.8, 4) is 5.40 Å². The first-order valence-electron chi connectivity index (χ1n) is 2.34. The van der Waals surface area contributed by atoms with Crippen molar-refractivity contribution in [2.24, 2.45) is 0 Å². The van der Waals surface area contributed by atoms with Gasteiger partial charge < -0.3 is 4.52 Å². The fourth-order valence-electron chi connectivity index (χ4n) is 0.420. The molecule has 0 saturated heterocycles. The molecule has 0 amide bonds. The predicted octanol–water partition coefficient (Wildman–Crippen LogP) is 1.39. The molecule has 0 fully saturated rings. The zero-order chi connectivity index (χ0) is 6.53. The van der Waals surface area contributed by atoms with Gasteiger partial charge in [-0.25, -0.2) is 0 Å². The van der Waals surface area contributed by atoms with E-state index in [4.69, 9.17) is 9.78 Å². The topological polar surface area (TPSA) is 49.8 Å². The van der Waals surface area contributed by atoms with Crippen molar-refractivity contribution in [2.45, 2.75) is 5.75 Å². The monoisotopic (exact) mass is 140 g/mol. The molecule has 0 radical (unpaired) electrons. The summed E-state index contributed by atoms with van der Waals surface area (Å²) in [4.78, 5) is 0. The number of thioether (sulfide) groups is 1. The highest BCUT2D eigenvalue weighted by Crippen LogP contribution is 2.08. The Balaban J connectivity index is 2.41. The molecule has 0 bridgehead atoms. The van der Waals surface area contributed by atoms with E-state index in [9.17, 15) is 0 Å². The van der Waals surface area contributed by atoms with Crippen molar-refractivity contribution in [1.29, 1.82) is 5.26 Å². The standard InChI is InChI=1S/C5H4N2OS/c6-4-9-3-5-1-2-7-8-5/h1-2H,3H2. The fourth-order valence-corrected chi connectivity index (χ4v) is 0.776. The van der Waals surface area contributed by atoms with Crippen LogP contribution in [-0.2, 0) is 5.75 Å². The molecule has 0 aromatic carbocycles. The summed E-state index contributed by atoms with van der Waals surface area (Å²) < 4.78 is 4.71. The number of hydrogen-bond donors (Lipinski definition) is 0. The van der Waals surface area contributed by atoms with E-state index in [0.717, 1.165) is 17.5 Å². The lowest BCUT2D eigenvalue weighted by Crippen LogP contribution is -1.69. The Labute approximate surface area is 56.6 Å². The summed E-state index contributed by atoms with van der Waals surface area (Å²) in [5.41, 5.74) is 0. The van der Waals surface area contributed by atoms with Crippen LogP contribution in [0.2, 0.25) is 0 Å². The van der Waals surface area contributed by atoms with Gasteiger partial charge in [0.05, 0.1) is 11.9 Å². The van der Waals surface area contributed by atoms with Gasteiger partial charge in [0.1, 0.15) is 11.2 Å². The largest absolute Gasteiger partial charge is 0.361 e. The van der Waals surface area contributed by atoms with Gasteiger partial charge in [-0.2, -0.15) is 5.26 Å². The van der Waals surface area contributed by atoms with E-state index in [1.165, 1.54) is 0 Å². The molecule has 1 aromatic heterocycles. The summed E-state index contributed by atoms with van der Waals surface area (Å²) in [6, 6.07) is 1.74. The van der Waals surface area contributed by atoms with Crippen LogP contribution in [0.5, 0.6) is 0 Å². The van der Waals surface area contributed by atoms with Crippen molar-refractivity contribution in [3.05, 3.63) is 18.0 Å². The van der Waals surface area contributed by atoms with E-state index in [2.05, 4.69) is 5.16 Å². The van der Waals surface area contributed by atoms with Crippen LogP contribution in [-0.4, -0.2) is 5.16 Å². The highest BCUT2D eigenvalue weighted by atomic mass is 32.2. The Morgan fingerprint density at radius 3 is 3.33 bits per heavy atom. The third-order valence-corrected chi connectivity index (χ3v) is 1.33. The number of nitriles is 1. The Hall–Kier alpha value is -0.950. The van der Waals surface area contributed by atoms with E-state index >= 15 is 0 Å². The van der Waals surface area contributed by atoms with E-state index in [1.807, 2.05) is 5.40 Å². The second-order valence-corrected chi connectivity index (χ2v) is 2.12. The molecule has 0 N–H and O–H groups in total. The zero-order valence-corrected chi connectivity index (χ0v) is 5.39. The Bertz CT molecular complexity index is 201. The first-order valence-corrected chi connectivity index (χ1v) is 3.32. The summed E-state index contributed by atoms with van der Waals surface area (Å²) in [5.74, 6) is 1.32. The molecule has 0 aliphatic heterocycles. The molecule has 9 heavy (non-hydrogen) atoms. The quantitative estimate of drug-likeness (QED) is 0.582. The number of nitrogens with zero attached hydrogens (tertiary/aromatic N) is 2. The minimum Gasteiger partial charge on any atom is -0.361 e. The van der Waals surface area contributed by atoms with Crippen LogP contribution in [0.3, 0.4) is 0 Å². The maximum absolute atomic E-state index is 8.12. The normalized spacial score (nSPS) is 8.78. The lowest BCUT2D eigenvalue weighted by atomic mass is 10.5.